The van der Waals surface area contributed by atoms with Crippen molar-refractivity contribution in [2.75, 3.05) is 0 Å². The monoisotopic (exact) mass is 317 g/mol. The fourth-order valence-corrected chi connectivity index (χ4v) is 1.96. The lowest BCUT2D eigenvalue weighted by molar-refractivity contribution is -0.130. The third-order valence-corrected chi connectivity index (χ3v) is 2.93. The van der Waals surface area contributed by atoms with Crippen LogP contribution in [-0.4, -0.2) is 11.9 Å². The second kappa shape index (κ2) is 4.85. The number of nitrogens with zero attached hydrogens (tertiary/aromatic N) is 1. The summed E-state index contributed by atoms with van der Waals surface area (Å²) in [4.78, 5) is 15.9. The molecule has 0 amide bonds. The fourth-order valence-electron chi connectivity index (χ4n) is 1.65. The van der Waals surface area contributed by atoms with Crippen molar-refractivity contribution in [3.05, 3.63) is 64.2 Å². The van der Waals surface area contributed by atoms with Crippen LogP contribution in [0.4, 0.5) is 0 Å². The molecule has 0 N–H and O–H groups in total. The Labute approximate surface area is 117 Å². The molecule has 1 aromatic heterocycles. The lowest BCUT2D eigenvalue weighted by Gasteiger charge is -1.93. The first-order chi connectivity index (χ1) is 9.22. The van der Waals surface area contributed by atoms with Crippen LogP contribution in [0.3, 0.4) is 0 Å². The average Bonchev–Trinajstić information content (AvgIpc) is 2.98. The van der Waals surface area contributed by atoms with Gasteiger partial charge in [-0.2, -0.15) is 0 Å². The molecular formula is C14H8BrNO3. The number of ether oxygens (including phenoxy) is 1. The van der Waals surface area contributed by atoms with E-state index >= 15 is 0 Å². The number of carbonyl (C=O) groups is 1. The third-order valence-electron chi connectivity index (χ3n) is 2.51. The van der Waals surface area contributed by atoms with Gasteiger partial charge in [-0.1, -0.05) is 30.3 Å². The van der Waals surface area contributed by atoms with Gasteiger partial charge in [0.15, 0.2) is 16.1 Å². The number of halogens is 1. The number of esters is 1. The van der Waals surface area contributed by atoms with E-state index < -0.39 is 5.97 Å². The van der Waals surface area contributed by atoms with Crippen LogP contribution >= 0.6 is 15.9 Å². The first-order valence-electron chi connectivity index (χ1n) is 5.56. The lowest BCUT2D eigenvalue weighted by Crippen LogP contribution is -2.04. The normalized spacial score (nSPS) is 16.6. The van der Waals surface area contributed by atoms with Gasteiger partial charge in [0.1, 0.15) is 0 Å². The molecule has 0 fully saturated rings. The molecule has 0 unspecified atom stereocenters. The molecule has 5 heteroatoms. The minimum Gasteiger partial charge on any atom is -0.444 e. The van der Waals surface area contributed by atoms with E-state index in [4.69, 9.17) is 9.15 Å². The second-order valence-electron chi connectivity index (χ2n) is 3.85. The van der Waals surface area contributed by atoms with E-state index in [-0.39, 0.29) is 11.6 Å². The number of carbonyl (C=O) groups excluding carboxylic acids is 1. The molecule has 1 aliphatic rings. The van der Waals surface area contributed by atoms with Gasteiger partial charge in [-0.05, 0) is 39.7 Å². The van der Waals surface area contributed by atoms with E-state index in [0.717, 1.165) is 5.56 Å². The number of hydrogen-bond acceptors (Lipinski definition) is 4. The molecule has 0 atom stereocenters. The molecule has 19 heavy (non-hydrogen) atoms. The number of hydrogen-bond donors (Lipinski definition) is 0. The molecule has 4 nitrogen and oxygen atoms in total. The van der Waals surface area contributed by atoms with E-state index in [9.17, 15) is 4.79 Å². The van der Waals surface area contributed by atoms with Crippen molar-refractivity contribution < 1.29 is 13.9 Å². The maximum absolute atomic E-state index is 11.7. The van der Waals surface area contributed by atoms with Crippen molar-refractivity contribution in [3.8, 4) is 0 Å². The molecule has 2 aromatic rings. The molecule has 0 spiro atoms. The van der Waals surface area contributed by atoms with E-state index in [1.165, 1.54) is 0 Å². The van der Waals surface area contributed by atoms with Gasteiger partial charge < -0.3 is 9.15 Å². The zero-order valence-electron chi connectivity index (χ0n) is 9.67. The number of cyclic esters (lactones) is 1. The first kappa shape index (κ1) is 11.9. The van der Waals surface area contributed by atoms with Gasteiger partial charge in [0.05, 0.1) is 0 Å². The minimum atomic E-state index is -0.480. The maximum Gasteiger partial charge on any atom is 0.363 e. The topological polar surface area (TPSA) is 51.8 Å². The Morgan fingerprint density at radius 1 is 1.11 bits per heavy atom. The van der Waals surface area contributed by atoms with Crippen LogP contribution < -0.4 is 0 Å². The quantitative estimate of drug-likeness (QED) is 0.630. The Balaban J connectivity index is 1.94. The molecule has 1 aliphatic heterocycles. The van der Waals surface area contributed by atoms with Gasteiger partial charge in [-0.15, -0.1) is 0 Å². The SMILES string of the molecule is O=C1OC(c2ccc(Br)o2)=NC1=Cc1ccccc1. The van der Waals surface area contributed by atoms with Crippen molar-refractivity contribution in [2.45, 2.75) is 0 Å². The summed E-state index contributed by atoms with van der Waals surface area (Å²) in [5.74, 6) is 0.112. The molecule has 2 heterocycles. The Kier molecular flexibility index (Phi) is 3.05. The van der Waals surface area contributed by atoms with Crippen molar-refractivity contribution in [3.63, 3.8) is 0 Å². The van der Waals surface area contributed by atoms with Gasteiger partial charge in [-0.3, -0.25) is 0 Å². The van der Waals surface area contributed by atoms with Crippen molar-refractivity contribution in [1.29, 1.82) is 0 Å². The number of aliphatic imine (C=N–C) groups is 1. The molecule has 0 saturated carbocycles. The summed E-state index contributed by atoms with van der Waals surface area (Å²) < 4.78 is 10.9. The second-order valence-corrected chi connectivity index (χ2v) is 4.63. The first-order valence-corrected chi connectivity index (χ1v) is 6.35. The molecule has 0 aliphatic carbocycles. The number of rotatable bonds is 2. The molecule has 0 radical (unpaired) electrons. The van der Waals surface area contributed by atoms with Gasteiger partial charge in [0.25, 0.3) is 5.90 Å². The zero-order valence-corrected chi connectivity index (χ0v) is 11.3. The van der Waals surface area contributed by atoms with Crippen LogP contribution in [0.25, 0.3) is 6.08 Å². The summed E-state index contributed by atoms with van der Waals surface area (Å²) in [6.07, 6.45) is 1.67. The summed E-state index contributed by atoms with van der Waals surface area (Å²) in [7, 11) is 0. The Hall–Kier alpha value is -2.14. The Morgan fingerprint density at radius 3 is 2.58 bits per heavy atom. The average molecular weight is 318 g/mol. The van der Waals surface area contributed by atoms with Crippen LogP contribution in [0.5, 0.6) is 0 Å². The summed E-state index contributed by atoms with van der Waals surface area (Å²) in [6.45, 7) is 0. The predicted molar refractivity (Wildman–Crippen MR) is 73.5 cm³/mol. The van der Waals surface area contributed by atoms with Crippen molar-refractivity contribution in [1.82, 2.24) is 0 Å². The van der Waals surface area contributed by atoms with Crippen LogP contribution in [0.2, 0.25) is 0 Å². The summed E-state index contributed by atoms with van der Waals surface area (Å²) in [6, 6.07) is 12.9. The van der Waals surface area contributed by atoms with Crippen molar-refractivity contribution in [2.24, 2.45) is 4.99 Å². The molecule has 0 saturated heterocycles. The largest absolute Gasteiger partial charge is 0.444 e. The van der Waals surface area contributed by atoms with Crippen LogP contribution in [0, 0.1) is 0 Å². The Bertz CT molecular complexity index is 686. The van der Waals surface area contributed by atoms with Gasteiger partial charge in [-0.25, -0.2) is 9.79 Å². The molecular weight excluding hydrogens is 310 g/mol. The summed E-state index contributed by atoms with van der Waals surface area (Å²) >= 11 is 3.19. The predicted octanol–water partition coefficient (Wildman–Crippen LogP) is 3.39. The number of benzene rings is 1. The lowest BCUT2D eigenvalue weighted by atomic mass is 10.2. The number of furan rings is 1. The highest BCUT2D eigenvalue weighted by Crippen LogP contribution is 2.22. The molecule has 3 rings (SSSR count). The highest BCUT2D eigenvalue weighted by molar-refractivity contribution is 9.10. The maximum atomic E-state index is 11.7. The van der Waals surface area contributed by atoms with Gasteiger partial charge in [0, 0.05) is 0 Å². The third kappa shape index (κ3) is 2.51. The van der Waals surface area contributed by atoms with Gasteiger partial charge >= 0.3 is 5.97 Å². The standard InChI is InChI=1S/C14H8BrNO3/c15-12-7-6-11(18-12)13-16-10(14(17)19-13)8-9-4-2-1-3-5-9/h1-8H. The van der Waals surface area contributed by atoms with E-state index in [1.54, 1.807) is 18.2 Å². The molecule has 0 bridgehead atoms. The van der Waals surface area contributed by atoms with Crippen LogP contribution in [0.15, 0.2) is 62.2 Å². The van der Waals surface area contributed by atoms with E-state index in [0.29, 0.717) is 10.4 Å². The fraction of sp³-hybridized carbons (Fsp3) is 0. The van der Waals surface area contributed by atoms with E-state index in [2.05, 4.69) is 20.9 Å². The highest BCUT2D eigenvalue weighted by Gasteiger charge is 2.26. The Morgan fingerprint density at radius 2 is 1.89 bits per heavy atom. The molecule has 1 aromatic carbocycles. The van der Waals surface area contributed by atoms with Gasteiger partial charge in [0.2, 0.25) is 0 Å². The van der Waals surface area contributed by atoms with Crippen LogP contribution in [-0.2, 0) is 9.53 Å². The van der Waals surface area contributed by atoms with Crippen LogP contribution in [0.1, 0.15) is 11.3 Å². The van der Waals surface area contributed by atoms with E-state index in [1.807, 2.05) is 30.3 Å². The molecule has 94 valence electrons. The highest BCUT2D eigenvalue weighted by atomic mass is 79.9. The summed E-state index contributed by atoms with van der Waals surface area (Å²) in [5, 5.41) is 0. The van der Waals surface area contributed by atoms with Crippen molar-refractivity contribution >= 4 is 33.9 Å². The smallest absolute Gasteiger partial charge is 0.363 e. The zero-order chi connectivity index (χ0) is 13.2. The summed E-state index contributed by atoms with van der Waals surface area (Å²) in [5.41, 5.74) is 1.15. The minimum absolute atomic E-state index is 0.179.